The third-order valence-electron chi connectivity index (χ3n) is 2.92. The molecule has 0 aliphatic carbocycles. The van der Waals surface area contributed by atoms with Crippen LogP contribution in [0.3, 0.4) is 0 Å². The van der Waals surface area contributed by atoms with Crippen molar-refractivity contribution >= 4 is 34.3 Å². The van der Waals surface area contributed by atoms with Gasteiger partial charge in [-0.25, -0.2) is 4.79 Å². The third-order valence-corrected chi connectivity index (χ3v) is 4.31. The first-order valence-corrected chi connectivity index (χ1v) is 7.33. The smallest absolute Gasteiger partial charge is 0.336 e. The third kappa shape index (κ3) is 2.74. The van der Waals surface area contributed by atoms with Crippen molar-refractivity contribution in [2.45, 2.75) is 10.9 Å². The van der Waals surface area contributed by atoms with E-state index in [1.165, 1.54) is 23.9 Å². The second-order valence-electron chi connectivity index (χ2n) is 4.40. The Morgan fingerprint density at radius 1 is 1.43 bits per heavy atom. The molecule has 0 atom stereocenters. The normalized spacial score (nSPS) is 11.1. The van der Waals surface area contributed by atoms with Gasteiger partial charge in [-0.2, -0.15) is 0 Å². The molecule has 0 radical (unpaired) electrons. The van der Waals surface area contributed by atoms with Crippen LogP contribution in [0.15, 0.2) is 38.9 Å². The number of nitrogens with zero attached hydrogens (tertiary/aromatic N) is 3. The molecule has 0 unspecified atom stereocenters. The maximum atomic E-state index is 11.6. The number of rotatable bonds is 3. The number of aryl methyl sites for hydroxylation is 1. The molecule has 1 aromatic carbocycles. The van der Waals surface area contributed by atoms with Gasteiger partial charge >= 0.3 is 5.63 Å². The number of halogens is 1. The van der Waals surface area contributed by atoms with Gasteiger partial charge in [-0.1, -0.05) is 23.4 Å². The molecule has 0 aliphatic rings. The molecule has 0 aliphatic heterocycles. The lowest BCUT2D eigenvalue weighted by Crippen LogP contribution is -2.00. The molecule has 8 heteroatoms. The molecule has 6 nitrogen and oxygen atoms in total. The van der Waals surface area contributed by atoms with E-state index in [4.69, 9.17) is 16.0 Å². The summed E-state index contributed by atoms with van der Waals surface area (Å²) < 4.78 is 6.87. The fourth-order valence-corrected chi connectivity index (χ4v) is 2.94. The second kappa shape index (κ2) is 5.42. The average Bonchev–Trinajstić information content (AvgIpc) is 2.83. The second-order valence-corrected chi connectivity index (χ2v) is 5.75. The van der Waals surface area contributed by atoms with Crippen molar-refractivity contribution in [1.82, 2.24) is 14.8 Å². The number of phenols is 1. The van der Waals surface area contributed by atoms with Gasteiger partial charge in [-0.15, -0.1) is 10.2 Å². The van der Waals surface area contributed by atoms with E-state index in [1.54, 1.807) is 17.0 Å². The van der Waals surface area contributed by atoms with E-state index >= 15 is 0 Å². The maximum absolute atomic E-state index is 11.6. The highest BCUT2D eigenvalue weighted by atomic mass is 35.5. The summed E-state index contributed by atoms with van der Waals surface area (Å²) in [6.07, 6.45) is 1.61. The molecule has 0 saturated heterocycles. The molecule has 0 spiro atoms. The van der Waals surface area contributed by atoms with Crippen molar-refractivity contribution in [3.05, 3.63) is 45.5 Å². The average molecular weight is 324 g/mol. The van der Waals surface area contributed by atoms with E-state index in [1.807, 2.05) is 7.05 Å². The molecule has 3 aromatic rings. The first kappa shape index (κ1) is 14.0. The number of thioether (sulfide) groups is 1. The van der Waals surface area contributed by atoms with E-state index in [2.05, 4.69) is 10.2 Å². The summed E-state index contributed by atoms with van der Waals surface area (Å²) in [5.74, 6) is 0.390. The van der Waals surface area contributed by atoms with E-state index in [-0.39, 0.29) is 10.8 Å². The van der Waals surface area contributed by atoms with Crippen molar-refractivity contribution in [3.8, 4) is 5.75 Å². The number of hydrogen-bond donors (Lipinski definition) is 1. The molecule has 1 N–H and O–H groups in total. The van der Waals surface area contributed by atoms with Crippen LogP contribution in [0.25, 0.3) is 11.0 Å². The summed E-state index contributed by atoms with van der Waals surface area (Å²) in [7, 11) is 1.84. The van der Waals surface area contributed by atoms with Crippen LogP contribution in [0, 0.1) is 0 Å². The first-order chi connectivity index (χ1) is 10.0. The van der Waals surface area contributed by atoms with Gasteiger partial charge in [0, 0.05) is 30.3 Å². The van der Waals surface area contributed by atoms with Gasteiger partial charge < -0.3 is 14.1 Å². The summed E-state index contributed by atoms with van der Waals surface area (Å²) in [5.41, 5.74) is 0.590. The minimum absolute atomic E-state index is 0.120. The van der Waals surface area contributed by atoms with Crippen LogP contribution in [0.1, 0.15) is 5.56 Å². The van der Waals surface area contributed by atoms with E-state index in [0.717, 1.165) is 10.7 Å². The maximum Gasteiger partial charge on any atom is 0.336 e. The lowest BCUT2D eigenvalue weighted by molar-refractivity contribution is 0.473. The quantitative estimate of drug-likeness (QED) is 0.589. The minimum atomic E-state index is -0.474. The summed E-state index contributed by atoms with van der Waals surface area (Å²) in [5, 5.41) is 19.0. The fourth-order valence-electron chi connectivity index (χ4n) is 1.90. The lowest BCUT2D eigenvalue weighted by Gasteiger charge is -2.06. The van der Waals surface area contributed by atoms with Crippen molar-refractivity contribution < 1.29 is 9.52 Å². The van der Waals surface area contributed by atoms with Crippen LogP contribution in [0.2, 0.25) is 5.02 Å². The van der Waals surface area contributed by atoms with Crippen molar-refractivity contribution in [2.75, 3.05) is 0 Å². The largest absolute Gasteiger partial charge is 0.506 e. The Kier molecular flexibility index (Phi) is 3.60. The summed E-state index contributed by atoms with van der Waals surface area (Å²) in [6.45, 7) is 0. The molecule has 0 saturated carbocycles. The number of aromatic nitrogens is 3. The summed E-state index contributed by atoms with van der Waals surface area (Å²) >= 11 is 7.36. The van der Waals surface area contributed by atoms with E-state index < -0.39 is 5.63 Å². The number of benzene rings is 1. The van der Waals surface area contributed by atoms with Gasteiger partial charge in [-0.05, 0) is 11.6 Å². The van der Waals surface area contributed by atoms with Crippen molar-refractivity contribution in [1.29, 1.82) is 0 Å². The molecule has 0 bridgehead atoms. The molecule has 2 heterocycles. The Balaban J connectivity index is 2.03. The Morgan fingerprint density at radius 3 is 2.95 bits per heavy atom. The molecular weight excluding hydrogens is 314 g/mol. The van der Waals surface area contributed by atoms with E-state index in [9.17, 15) is 9.90 Å². The number of aromatic hydroxyl groups is 1. The number of hydrogen-bond acceptors (Lipinski definition) is 6. The van der Waals surface area contributed by atoms with Gasteiger partial charge in [-0.3, -0.25) is 0 Å². The van der Waals surface area contributed by atoms with Crippen molar-refractivity contribution in [2.24, 2.45) is 7.05 Å². The molecule has 0 amide bonds. The molecule has 108 valence electrons. The van der Waals surface area contributed by atoms with Crippen LogP contribution in [-0.4, -0.2) is 19.9 Å². The predicted molar refractivity (Wildman–Crippen MR) is 79.7 cm³/mol. The molecule has 2 aromatic heterocycles. The van der Waals surface area contributed by atoms with Gasteiger partial charge in [0.05, 0.1) is 5.02 Å². The molecular formula is C13H10ClN3O3S. The monoisotopic (exact) mass is 323 g/mol. The molecule has 0 fully saturated rings. The number of fused-ring (bicyclic) bond motifs is 1. The highest BCUT2D eigenvalue weighted by Crippen LogP contribution is 2.32. The summed E-state index contributed by atoms with van der Waals surface area (Å²) in [4.78, 5) is 11.6. The Hall–Kier alpha value is -1.99. The van der Waals surface area contributed by atoms with Crippen LogP contribution in [0.4, 0.5) is 0 Å². The first-order valence-electron chi connectivity index (χ1n) is 5.96. The van der Waals surface area contributed by atoms with Crippen LogP contribution < -0.4 is 5.63 Å². The van der Waals surface area contributed by atoms with Gasteiger partial charge in [0.15, 0.2) is 5.16 Å². The molecule has 21 heavy (non-hydrogen) atoms. The van der Waals surface area contributed by atoms with Crippen LogP contribution in [0.5, 0.6) is 5.75 Å². The van der Waals surface area contributed by atoms with Gasteiger partial charge in [0.2, 0.25) is 0 Å². The highest BCUT2D eigenvalue weighted by Gasteiger charge is 2.11. The fraction of sp³-hybridized carbons (Fsp3) is 0.154. The predicted octanol–water partition coefficient (Wildman–Crippen LogP) is 2.57. The number of phenolic OH excluding ortho intramolecular Hbond substituents is 1. The SMILES string of the molecule is Cn1cnnc1SCc1cc(=O)oc2cc(O)c(Cl)cc12. The zero-order chi connectivity index (χ0) is 15.0. The van der Waals surface area contributed by atoms with Crippen LogP contribution in [-0.2, 0) is 12.8 Å². The van der Waals surface area contributed by atoms with Gasteiger partial charge in [0.25, 0.3) is 0 Å². The lowest BCUT2D eigenvalue weighted by atomic mass is 10.1. The standard InChI is InChI=1S/C13H10ClN3O3S/c1-17-6-15-16-13(17)21-5-7-2-12(19)20-11-4-10(18)9(14)3-8(7)11/h2-4,6,18H,5H2,1H3. The topological polar surface area (TPSA) is 81.2 Å². The minimum Gasteiger partial charge on any atom is -0.506 e. The zero-order valence-corrected chi connectivity index (χ0v) is 12.5. The van der Waals surface area contributed by atoms with Crippen LogP contribution >= 0.6 is 23.4 Å². The Bertz CT molecular complexity index is 875. The zero-order valence-electron chi connectivity index (χ0n) is 10.9. The Labute approximate surface area is 128 Å². The highest BCUT2D eigenvalue weighted by molar-refractivity contribution is 7.98. The Morgan fingerprint density at radius 2 is 2.24 bits per heavy atom. The van der Waals surface area contributed by atoms with Gasteiger partial charge in [0.1, 0.15) is 17.7 Å². The van der Waals surface area contributed by atoms with Crippen molar-refractivity contribution in [3.63, 3.8) is 0 Å². The molecule has 3 rings (SSSR count). The van der Waals surface area contributed by atoms with E-state index in [0.29, 0.717) is 16.7 Å². The summed E-state index contributed by atoms with van der Waals surface area (Å²) in [6, 6.07) is 4.34.